The molecule has 0 spiro atoms. The third-order valence-electron chi connectivity index (χ3n) is 4.67. The van der Waals surface area contributed by atoms with E-state index in [0.717, 1.165) is 37.1 Å². The SMILES string of the molecule is CCCC/C=C(C)/C=C/[C@H]1CCC(=O)N1CCCc1ccc(C(=O)O)s1. The van der Waals surface area contributed by atoms with Crippen molar-refractivity contribution in [3.63, 3.8) is 0 Å². The van der Waals surface area contributed by atoms with E-state index in [4.69, 9.17) is 5.11 Å². The van der Waals surface area contributed by atoms with Crippen molar-refractivity contribution in [3.8, 4) is 0 Å². The highest BCUT2D eigenvalue weighted by molar-refractivity contribution is 7.13. The molecular formula is C21H29NO3S. The molecule has 142 valence electrons. The third kappa shape index (κ3) is 6.13. The number of unbranched alkanes of at least 4 members (excludes halogenated alkanes) is 2. The number of carboxylic acids is 1. The van der Waals surface area contributed by atoms with Gasteiger partial charge in [0.05, 0.1) is 6.04 Å². The van der Waals surface area contributed by atoms with Crippen molar-refractivity contribution < 1.29 is 14.7 Å². The van der Waals surface area contributed by atoms with Crippen LogP contribution < -0.4 is 0 Å². The van der Waals surface area contributed by atoms with Gasteiger partial charge in [0.15, 0.2) is 0 Å². The highest BCUT2D eigenvalue weighted by Gasteiger charge is 2.28. The first-order valence-corrected chi connectivity index (χ1v) is 10.3. The summed E-state index contributed by atoms with van der Waals surface area (Å²) in [5, 5.41) is 8.98. The summed E-state index contributed by atoms with van der Waals surface area (Å²) >= 11 is 1.32. The van der Waals surface area contributed by atoms with E-state index in [9.17, 15) is 9.59 Å². The summed E-state index contributed by atoms with van der Waals surface area (Å²) < 4.78 is 0. The number of carbonyl (C=O) groups is 2. The monoisotopic (exact) mass is 375 g/mol. The van der Waals surface area contributed by atoms with Crippen LogP contribution in [0.3, 0.4) is 0 Å². The van der Waals surface area contributed by atoms with Gasteiger partial charge in [-0.1, -0.05) is 43.6 Å². The lowest BCUT2D eigenvalue weighted by Gasteiger charge is -2.22. The zero-order chi connectivity index (χ0) is 18.9. The molecule has 1 atom stereocenters. The van der Waals surface area contributed by atoms with E-state index in [1.165, 1.54) is 29.8 Å². The number of allylic oxidation sites excluding steroid dienone is 3. The summed E-state index contributed by atoms with van der Waals surface area (Å²) in [5.74, 6) is -0.645. The average Bonchev–Trinajstić information content (AvgIpc) is 3.21. The summed E-state index contributed by atoms with van der Waals surface area (Å²) in [5.41, 5.74) is 1.26. The average molecular weight is 376 g/mol. The van der Waals surface area contributed by atoms with Crippen molar-refractivity contribution >= 4 is 23.2 Å². The molecule has 5 heteroatoms. The van der Waals surface area contributed by atoms with Crippen molar-refractivity contribution in [3.05, 3.63) is 45.7 Å². The van der Waals surface area contributed by atoms with Crippen molar-refractivity contribution in [2.45, 2.75) is 64.8 Å². The molecule has 1 amide bonds. The summed E-state index contributed by atoms with van der Waals surface area (Å²) in [6.45, 7) is 5.04. The molecule has 2 heterocycles. The van der Waals surface area contributed by atoms with E-state index in [1.807, 2.05) is 11.0 Å². The molecule has 26 heavy (non-hydrogen) atoms. The van der Waals surface area contributed by atoms with Gasteiger partial charge in [0.1, 0.15) is 4.88 Å². The van der Waals surface area contributed by atoms with E-state index < -0.39 is 5.97 Å². The van der Waals surface area contributed by atoms with E-state index in [0.29, 0.717) is 11.3 Å². The van der Waals surface area contributed by atoms with Crippen LogP contribution in [0.5, 0.6) is 0 Å². The second-order valence-corrected chi connectivity index (χ2v) is 7.99. The van der Waals surface area contributed by atoms with Crippen molar-refractivity contribution in [2.75, 3.05) is 6.54 Å². The van der Waals surface area contributed by atoms with Crippen molar-refractivity contribution in [1.29, 1.82) is 0 Å². The molecule has 0 aliphatic carbocycles. The summed E-state index contributed by atoms with van der Waals surface area (Å²) in [6.07, 6.45) is 13.3. The Morgan fingerprint density at radius 1 is 1.38 bits per heavy atom. The van der Waals surface area contributed by atoms with Crippen LogP contribution in [-0.4, -0.2) is 34.5 Å². The molecule has 1 aliphatic rings. The van der Waals surface area contributed by atoms with Gasteiger partial charge in [-0.25, -0.2) is 4.79 Å². The van der Waals surface area contributed by atoms with Gasteiger partial charge in [-0.05, 0) is 44.7 Å². The third-order valence-corrected chi connectivity index (χ3v) is 5.81. The van der Waals surface area contributed by atoms with Gasteiger partial charge in [-0.15, -0.1) is 11.3 Å². The fourth-order valence-electron chi connectivity index (χ4n) is 3.16. The quantitative estimate of drug-likeness (QED) is 0.459. The zero-order valence-electron chi connectivity index (χ0n) is 15.7. The molecule has 4 nitrogen and oxygen atoms in total. The van der Waals surface area contributed by atoms with Crippen molar-refractivity contribution in [1.82, 2.24) is 4.90 Å². The minimum Gasteiger partial charge on any atom is -0.477 e. The lowest BCUT2D eigenvalue weighted by molar-refractivity contribution is -0.128. The molecule has 0 saturated carbocycles. The lowest BCUT2D eigenvalue weighted by atomic mass is 10.1. The summed E-state index contributed by atoms with van der Waals surface area (Å²) in [6, 6.07) is 3.72. The molecule has 0 unspecified atom stereocenters. The second kappa shape index (κ2) is 10.3. The predicted octanol–water partition coefficient (Wildman–Crippen LogP) is 5.06. The number of amides is 1. The topological polar surface area (TPSA) is 57.6 Å². The molecular weight excluding hydrogens is 346 g/mol. The molecule has 1 aromatic rings. The van der Waals surface area contributed by atoms with Crippen LogP contribution in [0.1, 0.15) is 66.9 Å². The molecule has 1 aliphatic heterocycles. The van der Waals surface area contributed by atoms with E-state index >= 15 is 0 Å². The Morgan fingerprint density at radius 3 is 2.88 bits per heavy atom. The van der Waals surface area contributed by atoms with Gasteiger partial charge in [0.25, 0.3) is 0 Å². The fraction of sp³-hybridized carbons (Fsp3) is 0.524. The number of thiophene rings is 1. The molecule has 1 N–H and O–H groups in total. The Bertz CT molecular complexity index is 675. The maximum Gasteiger partial charge on any atom is 0.345 e. The Morgan fingerprint density at radius 2 is 2.19 bits per heavy atom. The molecule has 1 saturated heterocycles. The van der Waals surface area contributed by atoms with Crippen LogP contribution in [0.2, 0.25) is 0 Å². The van der Waals surface area contributed by atoms with Crippen LogP contribution in [-0.2, 0) is 11.2 Å². The van der Waals surface area contributed by atoms with E-state index in [2.05, 4.69) is 32.1 Å². The highest BCUT2D eigenvalue weighted by Crippen LogP contribution is 2.23. The number of nitrogens with zero attached hydrogens (tertiary/aromatic N) is 1. The molecule has 0 bridgehead atoms. The number of hydrogen-bond acceptors (Lipinski definition) is 3. The number of aryl methyl sites for hydroxylation is 1. The highest BCUT2D eigenvalue weighted by atomic mass is 32.1. The van der Waals surface area contributed by atoms with Crippen LogP contribution in [0.4, 0.5) is 0 Å². The second-order valence-electron chi connectivity index (χ2n) is 6.82. The number of carbonyl (C=O) groups excluding carboxylic acids is 1. The van der Waals surface area contributed by atoms with Gasteiger partial charge in [-0.2, -0.15) is 0 Å². The number of aromatic carboxylic acids is 1. The molecule has 0 aromatic carbocycles. The maximum atomic E-state index is 12.2. The molecule has 0 radical (unpaired) electrons. The van der Waals surface area contributed by atoms with Crippen LogP contribution in [0.25, 0.3) is 0 Å². The number of carboxylic acid groups (broad SMARTS) is 1. The standard InChI is InChI=1S/C21H29NO3S/c1-3-4-5-7-16(2)9-10-17-11-14-20(23)22(17)15-6-8-18-12-13-19(26-18)21(24)25/h7,9-10,12-13,17H,3-6,8,11,14-15H2,1-2H3,(H,24,25)/b10-9+,16-7+/t17-/m0/s1. The first-order valence-electron chi connectivity index (χ1n) is 9.47. The first-order chi connectivity index (χ1) is 12.5. The maximum absolute atomic E-state index is 12.2. The smallest absolute Gasteiger partial charge is 0.345 e. The number of rotatable bonds is 10. The minimum atomic E-state index is -0.872. The number of likely N-dealkylation sites (tertiary alicyclic amines) is 1. The van der Waals surface area contributed by atoms with Crippen LogP contribution in [0, 0.1) is 0 Å². The largest absolute Gasteiger partial charge is 0.477 e. The van der Waals surface area contributed by atoms with E-state index in [1.54, 1.807) is 6.07 Å². The zero-order valence-corrected chi connectivity index (χ0v) is 16.6. The fourth-order valence-corrected chi connectivity index (χ4v) is 4.05. The number of hydrogen-bond donors (Lipinski definition) is 1. The van der Waals surface area contributed by atoms with Gasteiger partial charge in [0, 0.05) is 17.8 Å². The summed E-state index contributed by atoms with van der Waals surface area (Å²) in [4.78, 5) is 26.5. The van der Waals surface area contributed by atoms with Gasteiger partial charge in [-0.3, -0.25) is 4.79 Å². The van der Waals surface area contributed by atoms with Crippen LogP contribution >= 0.6 is 11.3 Å². The van der Waals surface area contributed by atoms with Gasteiger partial charge < -0.3 is 10.0 Å². The minimum absolute atomic E-state index is 0.190. The molecule has 1 fully saturated rings. The Balaban J connectivity index is 1.84. The van der Waals surface area contributed by atoms with Gasteiger partial charge >= 0.3 is 5.97 Å². The first kappa shape index (κ1) is 20.4. The normalized spacial score (nSPS) is 18.2. The predicted molar refractivity (Wildman–Crippen MR) is 107 cm³/mol. The Labute approximate surface area is 160 Å². The van der Waals surface area contributed by atoms with E-state index in [-0.39, 0.29) is 11.9 Å². The van der Waals surface area contributed by atoms with Crippen LogP contribution in [0.15, 0.2) is 35.9 Å². The summed E-state index contributed by atoms with van der Waals surface area (Å²) in [7, 11) is 0. The molecule has 2 rings (SSSR count). The van der Waals surface area contributed by atoms with Gasteiger partial charge in [0.2, 0.25) is 5.91 Å². The molecule has 1 aromatic heterocycles. The lowest BCUT2D eigenvalue weighted by Crippen LogP contribution is -2.32. The Hall–Kier alpha value is -1.88. The van der Waals surface area contributed by atoms with Crippen molar-refractivity contribution in [2.24, 2.45) is 0 Å². The Kier molecular flexibility index (Phi) is 8.10.